The van der Waals surface area contributed by atoms with E-state index in [1.54, 1.807) is 12.1 Å². The predicted octanol–water partition coefficient (Wildman–Crippen LogP) is 0.111. The molecule has 0 heterocycles. The molecule has 0 fully saturated rings. The fourth-order valence-corrected chi connectivity index (χ4v) is 1.50. The molecular formula is C13H21N3O4. The van der Waals surface area contributed by atoms with Gasteiger partial charge in [-0.05, 0) is 24.3 Å². The van der Waals surface area contributed by atoms with E-state index >= 15 is 0 Å². The summed E-state index contributed by atoms with van der Waals surface area (Å²) >= 11 is 0. The maximum Gasteiger partial charge on any atom is 0.319 e. The van der Waals surface area contributed by atoms with Crippen molar-refractivity contribution in [2.45, 2.75) is 6.10 Å². The summed E-state index contributed by atoms with van der Waals surface area (Å²) in [6.45, 7) is 1.67. The molecule has 112 valence electrons. The fourth-order valence-electron chi connectivity index (χ4n) is 1.50. The molecule has 2 amide bonds. The van der Waals surface area contributed by atoms with Gasteiger partial charge in [-0.15, -0.1) is 0 Å². The van der Waals surface area contributed by atoms with Crippen molar-refractivity contribution in [3.05, 3.63) is 24.3 Å². The van der Waals surface area contributed by atoms with Crippen LogP contribution in [0.5, 0.6) is 5.75 Å². The zero-order valence-corrected chi connectivity index (χ0v) is 11.4. The molecule has 1 unspecified atom stereocenters. The number of methoxy groups -OCH3 is 1. The van der Waals surface area contributed by atoms with Crippen LogP contribution in [0.15, 0.2) is 24.3 Å². The molecule has 7 heteroatoms. The summed E-state index contributed by atoms with van der Waals surface area (Å²) in [5.41, 5.74) is 0.601. The van der Waals surface area contributed by atoms with Gasteiger partial charge in [0, 0.05) is 32.4 Å². The highest BCUT2D eigenvalue weighted by molar-refractivity contribution is 5.89. The van der Waals surface area contributed by atoms with E-state index in [1.165, 1.54) is 19.2 Å². The smallest absolute Gasteiger partial charge is 0.319 e. The van der Waals surface area contributed by atoms with Gasteiger partial charge in [0.05, 0.1) is 12.7 Å². The van der Waals surface area contributed by atoms with Gasteiger partial charge in [-0.2, -0.15) is 0 Å². The van der Waals surface area contributed by atoms with Crippen LogP contribution in [-0.4, -0.2) is 55.7 Å². The van der Waals surface area contributed by atoms with Gasteiger partial charge in [0.1, 0.15) is 5.75 Å². The van der Waals surface area contributed by atoms with E-state index in [-0.39, 0.29) is 18.4 Å². The Morgan fingerprint density at radius 3 is 2.65 bits per heavy atom. The maximum atomic E-state index is 11.5. The Morgan fingerprint density at radius 1 is 1.30 bits per heavy atom. The summed E-state index contributed by atoms with van der Waals surface area (Å²) < 4.78 is 4.79. The SMILES string of the molecule is COCC(O)CNCCNC(=O)Nc1ccc(O)cc1. The molecule has 20 heavy (non-hydrogen) atoms. The van der Waals surface area contributed by atoms with Gasteiger partial charge in [-0.3, -0.25) is 0 Å². The number of hydrogen-bond donors (Lipinski definition) is 5. The Morgan fingerprint density at radius 2 is 2.00 bits per heavy atom. The number of anilines is 1. The lowest BCUT2D eigenvalue weighted by atomic mass is 10.3. The minimum atomic E-state index is -0.550. The van der Waals surface area contributed by atoms with E-state index in [0.29, 0.717) is 25.3 Å². The van der Waals surface area contributed by atoms with Crippen molar-refractivity contribution >= 4 is 11.7 Å². The predicted molar refractivity (Wildman–Crippen MR) is 75.9 cm³/mol. The van der Waals surface area contributed by atoms with Gasteiger partial charge < -0.3 is 30.9 Å². The number of aromatic hydroxyl groups is 1. The van der Waals surface area contributed by atoms with Gasteiger partial charge in [0.15, 0.2) is 0 Å². The first kappa shape index (κ1) is 16.2. The summed E-state index contributed by atoms with van der Waals surface area (Å²) in [4.78, 5) is 11.5. The zero-order chi connectivity index (χ0) is 14.8. The minimum Gasteiger partial charge on any atom is -0.508 e. The molecule has 0 radical (unpaired) electrons. The van der Waals surface area contributed by atoms with Crippen LogP contribution in [0.2, 0.25) is 0 Å². The van der Waals surface area contributed by atoms with E-state index in [2.05, 4.69) is 16.0 Å². The lowest BCUT2D eigenvalue weighted by Gasteiger charge is -2.11. The van der Waals surface area contributed by atoms with Crippen molar-refractivity contribution in [3.8, 4) is 5.75 Å². The van der Waals surface area contributed by atoms with Crippen LogP contribution in [-0.2, 0) is 4.74 Å². The van der Waals surface area contributed by atoms with Gasteiger partial charge in [-0.1, -0.05) is 0 Å². The summed E-state index contributed by atoms with van der Waals surface area (Å²) in [6, 6.07) is 5.88. The number of aliphatic hydroxyl groups is 1. The number of phenols is 1. The van der Waals surface area contributed by atoms with Crippen molar-refractivity contribution in [1.82, 2.24) is 10.6 Å². The number of carbonyl (C=O) groups excluding carboxylic acids is 1. The van der Waals surface area contributed by atoms with Crippen LogP contribution in [0, 0.1) is 0 Å². The third-order valence-corrected chi connectivity index (χ3v) is 2.45. The number of nitrogens with one attached hydrogen (secondary N) is 3. The monoisotopic (exact) mass is 283 g/mol. The molecule has 0 saturated heterocycles. The minimum absolute atomic E-state index is 0.148. The second-order valence-electron chi connectivity index (χ2n) is 4.24. The average molecular weight is 283 g/mol. The topological polar surface area (TPSA) is 103 Å². The van der Waals surface area contributed by atoms with E-state index in [0.717, 1.165) is 0 Å². The number of phenolic OH excluding ortho intramolecular Hbond substituents is 1. The molecule has 0 aromatic heterocycles. The molecule has 0 aliphatic heterocycles. The van der Waals surface area contributed by atoms with Crippen molar-refractivity contribution < 1.29 is 19.7 Å². The zero-order valence-electron chi connectivity index (χ0n) is 11.4. The quantitative estimate of drug-likeness (QED) is 0.344. The maximum absolute atomic E-state index is 11.5. The lowest BCUT2D eigenvalue weighted by molar-refractivity contribution is 0.0648. The summed E-state index contributed by atoms with van der Waals surface area (Å²) in [7, 11) is 1.53. The van der Waals surface area contributed by atoms with Crippen LogP contribution >= 0.6 is 0 Å². The molecule has 1 atom stereocenters. The second kappa shape index (κ2) is 9.13. The number of hydrogen-bond acceptors (Lipinski definition) is 5. The molecule has 1 aromatic rings. The summed E-state index contributed by atoms with van der Waals surface area (Å²) in [5, 5.41) is 26.8. The molecule has 7 nitrogen and oxygen atoms in total. The molecule has 1 aromatic carbocycles. The molecule has 5 N–H and O–H groups in total. The fraction of sp³-hybridized carbons (Fsp3) is 0.462. The average Bonchev–Trinajstić information content (AvgIpc) is 2.41. The van der Waals surface area contributed by atoms with Crippen molar-refractivity contribution in [2.24, 2.45) is 0 Å². The summed E-state index contributed by atoms with van der Waals surface area (Å²) in [6.07, 6.45) is -0.550. The van der Waals surface area contributed by atoms with Gasteiger partial charge >= 0.3 is 6.03 Å². The Hall–Kier alpha value is -1.83. The number of benzene rings is 1. The Bertz CT molecular complexity index is 397. The van der Waals surface area contributed by atoms with Gasteiger partial charge in [0.2, 0.25) is 0 Å². The first-order valence-electron chi connectivity index (χ1n) is 6.33. The number of ether oxygens (including phenoxy) is 1. The van der Waals surface area contributed by atoms with Crippen LogP contribution < -0.4 is 16.0 Å². The van der Waals surface area contributed by atoms with Gasteiger partial charge in [-0.25, -0.2) is 4.79 Å². The second-order valence-corrected chi connectivity index (χ2v) is 4.24. The third-order valence-electron chi connectivity index (χ3n) is 2.45. The Balaban J connectivity index is 2.10. The van der Waals surface area contributed by atoms with Crippen LogP contribution in [0.4, 0.5) is 10.5 Å². The number of carbonyl (C=O) groups is 1. The molecular weight excluding hydrogens is 262 g/mol. The normalized spacial score (nSPS) is 11.9. The highest BCUT2D eigenvalue weighted by atomic mass is 16.5. The Kier molecular flexibility index (Phi) is 7.41. The highest BCUT2D eigenvalue weighted by Crippen LogP contribution is 2.13. The van der Waals surface area contributed by atoms with Crippen molar-refractivity contribution in [2.75, 3.05) is 38.7 Å². The summed E-state index contributed by atoms with van der Waals surface area (Å²) in [5.74, 6) is 0.148. The number of rotatable bonds is 8. The number of aliphatic hydroxyl groups excluding tert-OH is 1. The molecule has 0 aliphatic carbocycles. The van der Waals surface area contributed by atoms with E-state index in [1.807, 2.05) is 0 Å². The van der Waals surface area contributed by atoms with E-state index in [4.69, 9.17) is 9.84 Å². The van der Waals surface area contributed by atoms with Crippen molar-refractivity contribution in [1.29, 1.82) is 0 Å². The van der Waals surface area contributed by atoms with Crippen LogP contribution in [0.1, 0.15) is 0 Å². The molecule has 1 rings (SSSR count). The van der Waals surface area contributed by atoms with Gasteiger partial charge in [0.25, 0.3) is 0 Å². The number of urea groups is 1. The molecule has 0 spiro atoms. The standard InChI is InChI=1S/C13H21N3O4/c1-20-9-12(18)8-14-6-7-15-13(19)16-10-2-4-11(17)5-3-10/h2-5,12,14,17-18H,6-9H2,1H3,(H2,15,16,19). The molecule has 0 aliphatic rings. The molecule has 0 bridgehead atoms. The lowest BCUT2D eigenvalue weighted by Crippen LogP contribution is -2.38. The van der Waals surface area contributed by atoms with Crippen LogP contribution in [0.3, 0.4) is 0 Å². The first-order valence-corrected chi connectivity index (χ1v) is 6.33. The van der Waals surface area contributed by atoms with E-state index in [9.17, 15) is 9.90 Å². The third kappa shape index (κ3) is 6.93. The van der Waals surface area contributed by atoms with Crippen LogP contribution in [0.25, 0.3) is 0 Å². The molecule has 0 saturated carbocycles. The number of amides is 2. The first-order chi connectivity index (χ1) is 9.61. The van der Waals surface area contributed by atoms with E-state index < -0.39 is 6.10 Å². The Labute approximate surface area is 117 Å². The largest absolute Gasteiger partial charge is 0.508 e. The highest BCUT2D eigenvalue weighted by Gasteiger charge is 2.03. The van der Waals surface area contributed by atoms with Crippen molar-refractivity contribution in [3.63, 3.8) is 0 Å².